The first-order valence-electron chi connectivity index (χ1n) is 9.83. The summed E-state index contributed by atoms with van der Waals surface area (Å²) in [5.74, 6) is 0.0580. The number of aryl methyl sites for hydroxylation is 1. The van der Waals surface area contributed by atoms with E-state index in [9.17, 15) is 13.9 Å². The zero-order valence-electron chi connectivity index (χ0n) is 16.0. The fraction of sp³-hybridized carbons (Fsp3) is 0.450. The first-order chi connectivity index (χ1) is 14.4. The van der Waals surface area contributed by atoms with Crippen LogP contribution in [-0.2, 0) is 0 Å². The fourth-order valence-electron chi connectivity index (χ4n) is 5.07. The summed E-state index contributed by atoms with van der Waals surface area (Å²) in [6.07, 6.45) is 0.821. The molecule has 3 aliphatic rings. The lowest BCUT2D eigenvalue weighted by Crippen LogP contribution is -2.41. The highest BCUT2D eigenvalue weighted by molar-refractivity contribution is 7.16. The van der Waals surface area contributed by atoms with E-state index in [0.29, 0.717) is 35.2 Å². The van der Waals surface area contributed by atoms with Crippen molar-refractivity contribution in [3.8, 4) is 27.2 Å². The van der Waals surface area contributed by atoms with E-state index >= 15 is 0 Å². The number of phenols is 1. The molecule has 30 heavy (non-hydrogen) atoms. The van der Waals surface area contributed by atoms with Gasteiger partial charge in [-0.3, -0.25) is 0 Å². The van der Waals surface area contributed by atoms with Crippen molar-refractivity contribution in [1.29, 1.82) is 0 Å². The second kappa shape index (κ2) is 5.98. The summed E-state index contributed by atoms with van der Waals surface area (Å²) in [4.78, 5) is 0. The highest BCUT2D eigenvalue weighted by Crippen LogP contribution is 2.71. The van der Waals surface area contributed by atoms with Crippen LogP contribution in [0, 0.1) is 12.3 Å². The maximum atomic E-state index is 14.8. The smallest absolute Gasteiger partial charge is 0.294 e. The van der Waals surface area contributed by atoms with Gasteiger partial charge in [0.2, 0.25) is 0 Å². The van der Waals surface area contributed by atoms with Crippen molar-refractivity contribution in [2.45, 2.75) is 43.8 Å². The van der Waals surface area contributed by atoms with Crippen molar-refractivity contribution in [3.63, 3.8) is 0 Å². The van der Waals surface area contributed by atoms with Gasteiger partial charge < -0.3 is 15.2 Å². The third kappa shape index (κ3) is 2.34. The van der Waals surface area contributed by atoms with Crippen molar-refractivity contribution in [2.75, 3.05) is 6.54 Å². The minimum atomic E-state index is -1.74. The standard InChI is InChI=1S/C20H19F2N5O2S/c1-10-4-5-27(26-10)11-2-3-13(14(28)6-11)16-24-25-18(30-16)29-12-7-15-20(22)17(21)19(20,8-12)9-23-15/h2-6,12,15,17,23,28H,7-9H2,1H3. The Hall–Kier alpha value is -2.59. The van der Waals surface area contributed by atoms with Crippen LogP contribution in [0.1, 0.15) is 18.5 Å². The van der Waals surface area contributed by atoms with Gasteiger partial charge in [-0.2, -0.15) is 5.10 Å². The zero-order chi connectivity index (χ0) is 20.7. The van der Waals surface area contributed by atoms with Crippen LogP contribution in [0.3, 0.4) is 0 Å². The molecule has 1 saturated heterocycles. The van der Waals surface area contributed by atoms with Crippen LogP contribution in [0.2, 0.25) is 0 Å². The number of halogens is 2. The number of hydrogen-bond donors (Lipinski definition) is 2. The Morgan fingerprint density at radius 2 is 2.20 bits per heavy atom. The van der Waals surface area contributed by atoms with Gasteiger partial charge in [0.05, 0.1) is 22.4 Å². The van der Waals surface area contributed by atoms with Gasteiger partial charge in [0, 0.05) is 31.3 Å². The molecule has 5 unspecified atom stereocenters. The molecule has 3 heterocycles. The molecule has 156 valence electrons. The fourth-order valence-corrected chi connectivity index (χ4v) is 5.87. The molecule has 10 heteroatoms. The van der Waals surface area contributed by atoms with E-state index in [1.54, 1.807) is 16.8 Å². The molecule has 1 aromatic carbocycles. The van der Waals surface area contributed by atoms with Crippen LogP contribution in [0.15, 0.2) is 30.5 Å². The molecule has 3 aromatic rings. The average Bonchev–Trinajstić information content (AvgIpc) is 3.17. The van der Waals surface area contributed by atoms with E-state index in [4.69, 9.17) is 4.74 Å². The predicted molar refractivity (Wildman–Crippen MR) is 105 cm³/mol. The number of aromatic hydroxyl groups is 1. The number of ether oxygens (including phenoxy) is 1. The number of hydrogen-bond acceptors (Lipinski definition) is 7. The van der Waals surface area contributed by atoms with Gasteiger partial charge in [0.15, 0.2) is 10.7 Å². The zero-order valence-corrected chi connectivity index (χ0v) is 16.9. The molecule has 3 fully saturated rings. The molecule has 1 aliphatic heterocycles. The number of piperidine rings is 1. The molecule has 2 bridgehead atoms. The van der Waals surface area contributed by atoms with Crippen LogP contribution in [0.4, 0.5) is 8.78 Å². The third-order valence-electron chi connectivity index (χ3n) is 6.67. The van der Waals surface area contributed by atoms with Gasteiger partial charge in [-0.15, -0.1) is 5.10 Å². The second-order valence-corrected chi connectivity index (χ2v) is 9.32. The van der Waals surface area contributed by atoms with Crippen molar-refractivity contribution in [2.24, 2.45) is 5.41 Å². The summed E-state index contributed by atoms with van der Waals surface area (Å²) < 4.78 is 36.5. The lowest BCUT2D eigenvalue weighted by atomic mass is 9.86. The lowest BCUT2D eigenvalue weighted by Gasteiger charge is -2.27. The van der Waals surface area contributed by atoms with E-state index in [1.807, 2.05) is 25.3 Å². The summed E-state index contributed by atoms with van der Waals surface area (Å²) in [5, 5.41) is 26.9. The molecular weight excluding hydrogens is 412 g/mol. The maximum absolute atomic E-state index is 14.8. The minimum absolute atomic E-state index is 0.0580. The van der Waals surface area contributed by atoms with Gasteiger partial charge in [0.25, 0.3) is 5.19 Å². The Morgan fingerprint density at radius 1 is 1.33 bits per heavy atom. The Balaban J connectivity index is 1.20. The lowest BCUT2D eigenvalue weighted by molar-refractivity contribution is 0.0790. The summed E-state index contributed by atoms with van der Waals surface area (Å²) in [5.41, 5.74) is -0.541. The molecule has 6 rings (SSSR count). The minimum Gasteiger partial charge on any atom is -0.507 e. The van der Waals surface area contributed by atoms with Gasteiger partial charge in [-0.1, -0.05) is 16.4 Å². The van der Waals surface area contributed by atoms with Crippen molar-refractivity contribution >= 4 is 11.3 Å². The third-order valence-corrected chi connectivity index (χ3v) is 7.52. The highest BCUT2D eigenvalue weighted by atomic mass is 32.1. The van der Waals surface area contributed by atoms with Gasteiger partial charge >= 0.3 is 0 Å². The summed E-state index contributed by atoms with van der Waals surface area (Å²) in [6.45, 7) is 2.25. The number of phenolic OH excluding ortho intramolecular Hbond substituents is 1. The van der Waals surface area contributed by atoms with Gasteiger partial charge in [-0.25, -0.2) is 13.5 Å². The molecule has 2 saturated carbocycles. The molecule has 0 amide bonds. The monoisotopic (exact) mass is 431 g/mol. The number of aromatic nitrogens is 4. The molecule has 0 radical (unpaired) electrons. The Kier molecular flexibility index (Phi) is 3.63. The summed E-state index contributed by atoms with van der Waals surface area (Å²) in [7, 11) is 0. The van der Waals surface area contributed by atoms with E-state index < -0.39 is 23.3 Å². The first-order valence-corrected chi connectivity index (χ1v) is 10.6. The van der Waals surface area contributed by atoms with Crippen LogP contribution in [0.25, 0.3) is 16.3 Å². The number of alkyl halides is 2. The van der Waals surface area contributed by atoms with Crippen molar-refractivity contribution < 1.29 is 18.6 Å². The molecule has 5 atom stereocenters. The maximum Gasteiger partial charge on any atom is 0.294 e. The van der Waals surface area contributed by atoms with E-state index in [0.717, 1.165) is 11.4 Å². The molecule has 7 nitrogen and oxygen atoms in total. The highest BCUT2D eigenvalue weighted by Gasteiger charge is 2.87. The number of nitrogens with one attached hydrogen (secondary N) is 1. The SMILES string of the molecule is Cc1ccn(-c2ccc(-c3nnc(OC4CC5NCC6(C4)C(F)C56F)s3)c(O)c2)n1. The molecule has 0 spiro atoms. The van der Waals surface area contributed by atoms with Crippen molar-refractivity contribution in [1.82, 2.24) is 25.3 Å². The molecular formula is C20H19F2N5O2S. The topological polar surface area (TPSA) is 85.1 Å². The van der Waals surface area contributed by atoms with Gasteiger partial charge in [-0.05, 0) is 31.5 Å². The summed E-state index contributed by atoms with van der Waals surface area (Å²) >= 11 is 1.20. The largest absolute Gasteiger partial charge is 0.507 e. The second-order valence-electron chi connectivity index (χ2n) is 8.38. The Labute approximate surface area is 174 Å². The van der Waals surface area contributed by atoms with Crippen molar-refractivity contribution in [3.05, 3.63) is 36.2 Å². The van der Waals surface area contributed by atoms with E-state index in [-0.39, 0.29) is 11.9 Å². The van der Waals surface area contributed by atoms with E-state index in [2.05, 4.69) is 20.6 Å². The molecule has 2 aliphatic carbocycles. The van der Waals surface area contributed by atoms with Crippen LogP contribution >= 0.6 is 11.3 Å². The van der Waals surface area contributed by atoms with Gasteiger partial charge in [0.1, 0.15) is 18.0 Å². The van der Waals surface area contributed by atoms with Crippen LogP contribution in [-0.4, -0.2) is 55.6 Å². The summed E-state index contributed by atoms with van der Waals surface area (Å²) in [6, 6.07) is 6.57. The average molecular weight is 431 g/mol. The first kappa shape index (κ1) is 18.2. The number of nitrogens with zero attached hydrogens (tertiary/aromatic N) is 4. The van der Waals surface area contributed by atoms with E-state index in [1.165, 1.54) is 11.3 Å². The normalized spacial score (nSPS) is 34.0. The van der Waals surface area contributed by atoms with Crippen LogP contribution in [0.5, 0.6) is 10.9 Å². The molecule has 2 aromatic heterocycles. The number of rotatable bonds is 4. The Morgan fingerprint density at radius 3 is 2.90 bits per heavy atom. The number of benzene rings is 1. The molecule has 2 N–H and O–H groups in total. The quantitative estimate of drug-likeness (QED) is 0.661. The Bertz CT molecular complexity index is 1150. The van der Waals surface area contributed by atoms with Crippen LogP contribution < -0.4 is 10.1 Å². The predicted octanol–water partition coefficient (Wildman–Crippen LogP) is 2.96.